The molecule has 0 saturated carbocycles. The van der Waals surface area contributed by atoms with Gasteiger partial charge in [-0.3, -0.25) is 9.59 Å². The second-order valence-corrected chi connectivity index (χ2v) is 3.48. The number of ether oxygens (including phenoxy) is 1. The van der Waals surface area contributed by atoms with Crippen molar-refractivity contribution < 1.29 is 14.3 Å². The van der Waals surface area contributed by atoms with Gasteiger partial charge in [0.2, 0.25) is 0 Å². The summed E-state index contributed by atoms with van der Waals surface area (Å²) in [5.41, 5.74) is 1.14. The number of hydrogen-bond donors (Lipinski definition) is 1. The average molecular weight is 236 g/mol. The molecule has 92 valence electrons. The second-order valence-electron chi connectivity index (χ2n) is 3.48. The van der Waals surface area contributed by atoms with Crippen LogP contribution in [0.4, 0.5) is 0 Å². The van der Waals surface area contributed by atoms with E-state index in [0.29, 0.717) is 12.3 Å². The van der Waals surface area contributed by atoms with E-state index in [4.69, 9.17) is 4.74 Å². The Labute approximate surface area is 100 Å². The van der Waals surface area contributed by atoms with Crippen LogP contribution in [0.2, 0.25) is 0 Å². The van der Waals surface area contributed by atoms with E-state index in [1.807, 2.05) is 13.0 Å². The molecule has 0 aliphatic heterocycles. The zero-order chi connectivity index (χ0) is 12.7. The van der Waals surface area contributed by atoms with Crippen molar-refractivity contribution in [3.8, 4) is 0 Å². The van der Waals surface area contributed by atoms with Gasteiger partial charge in [-0.05, 0) is 26.0 Å². The molecule has 0 unspecified atom stereocenters. The van der Waals surface area contributed by atoms with Gasteiger partial charge >= 0.3 is 5.97 Å². The summed E-state index contributed by atoms with van der Waals surface area (Å²) in [5, 5.41) is 2.61. The van der Waals surface area contributed by atoms with Gasteiger partial charge in [0.1, 0.15) is 5.69 Å². The molecule has 1 amide bonds. The van der Waals surface area contributed by atoms with Gasteiger partial charge in [-0.2, -0.15) is 0 Å². The topological polar surface area (TPSA) is 68.3 Å². The molecule has 0 aliphatic rings. The molecular formula is C12H16N2O3. The first-order chi connectivity index (χ1) is 8.13. The van der Waals surface area contributed by atoms with E-state index in [1.165, 1.54) is 0 Å². The molecule has 0 saturated heterocycles. The van der Waals surface area contributed by atoms with Crippen LogP contribution in [0.5, 0.6) is 0 Å². The van der Waals surface area contributed by atoms with Gasteiger partial charge in [0.25, 0.3) is 5.91 Å². The van der Waals surface area contributed by atoms with Crippen LogP contribution in [0.25, 0.3) is 0 Å². The first-order valence-electron chi connectivity index (χ1n) is 5.51. The van der Waals surface area contributed by atoms with E-state index in [9.17, 15) is 9.59 Å². The number of carbonyl (C=O) groups excluding carboxylic acids is 2. The average Bonchev–Trinajstić information content (AvgIpc) is 2.29. The Kier molecular flexibility index (Phi) is 5.13. The third-order valence-corrected chi connectivity index (χ3v) is 2.04. The molecule has 1 aromatic rings. The van der Waals surface area contributed by atoms with Crippen LogP contribution in [-0.4, -0.2) is 30.0 Å². The van der Waals surface area contributed by atoms with Crippen LogP contribution in [-0.2, 0) is 9.53 Å². The third-order valence-electron chi connectivity index (χ3n) is 2.04. The largest absolute Gasteiger partial charge is 0.466 e. The zero-order valence-electron chi connectivity index (χ0n) is 10.0. The van der Waals surface area contributed by atoms with Crippen molar-refractivity contribution in [2.24, 2.45) is 0 Å². The Morgan fingerprint density at radius 1 is 1.41 bits per heavy atom. The van der Waals surface area contributed by atoms with Crippen molar-refractivity contribution in [1.82, 2.24) is 10.3 Å². The van der Waals surface area contributed by atoms with E-state index in [2.05, 4.69) is 10.3 Å². The smallest absolute Gasteiger partial charge is 0.307 e. The van der Waals surface area contributed by atoms with Gasteiger partial charge in [0.05, 0.1) is 13.0 Å². The van der Waals surface area contributed by atoms with Gasteiger partial charge < -0.3 is 10.1 Å². The summed E-state index contributed by atoms with van der Waals surface area (Å²) in [7, 11) is 0. The summed E-state index contributed by atoms with van der Waals surface area (Å²) >= 11 is 0. The Hall–Kier alpha value is -1.91. The lowest BCUT2D eigenvalue weighted by molar-refractivity contribution is -0.142. The lowest BCUT2D eigenvalue weighted by Gasteiger charge is -2.05. The molecule has 0 aliphatic carbocycles. The number of nitrogens with zero attached hydrogens (tertiary/aromatic N) is 1. The molecule has 0 fully saturated rings. The Morgan fingerprint density at radius 3 is 2.82 bits per heavy atom. The maximum Gasteiger partial charge on any atom is 0.307 e. The summed E-state index contributed by atoms with van der Waals surface area (Å²) in [6.45, 7) is 4.17. The molecule has 17 heavy (non-hydrogen) atoms. The molecule has 0 bridgehead atoms. The van der Waals surface area contributed by atoms with E-state index in [-0.39, 0.29) is 24.8 Å². The second kappa shape index (κ2) is 6.62. The predicted octanol–water partition coefficient (Wildman–Crippen LogP) is 1.07. The maximum atomic E-state index is 11.6. The molecule has 5 heteroatoms. The summed E-state index contributed by atoms with van der Waals surface area (Å²) in [6.07, 6.45) is 0.172. The van der Waals surface area contributed by atoms with Crippen LogP contribution in [0.15, 0.2) is 18.2 Å². The van der Waals surface area contributed by atoms with Gasteiger partial charge in [-0.15, -0.1) is 0 Å². The van der Waals surface area contributed by atoms with Gasteiger partial charge in [0.15, 0.2) is 0 Å². The monoisotopic (exact) mass is 236 g/mol. The highest BCUT2D eigenvalue weighted by molar-refractivity contribution is 5.92. The van der Waals surface area contributed by atoms with Crippen LogP contribution in [0.3, 0.4) is 0 Å². The Bertz CT molecular complexity index is 404. The molecule has 0 radical (unpaired) electrons. The summed E-state index contributed by atoms with van der Waals surface area (Å²) in [6, 6.07) is 5.21. The first-order valence-corrected chi connectivity index (χ1v) is 5.51. The minimum Gasteiger partial charge on any atom is -0.466 e. The number of hydrogen-bond acceptors (Lipinski definition) is 4. The number of pyridine rings is 1. The molecule has 1 N–H and O–H groups in total. The maximum absolute atomic E-state index is 11.6. The van der Waals surface area contributed by atoms with E-state index >= 15 is 0 Å². The Balaban J connectivity index is 2.38. The van der Waals surface area contributed by atoms with Gasteiger partial charge in [-0.25, -0.2) is 4.98 Å². The molecule has 5 nitrogen and oxygen atoms in total. The fourth-order valence-corrected chi connectivity index (χ4v) is 1.27. The molecule has 1 heterocycles. The van der Waals surface area contributed by atoms with Gasteiger partial charge in [0, 0.05) is 12.2 Å². The lowest BCUT2D eigenvalue weighted by Crippen LogP contribution is -2.27. The van der Waals surface area contributed by atoms with E-state index < -0.39 is 0 Å². The number of aromatic nitrogens is 1. The van der Waals surface area contributed by atoms with Crippen molar-refractivity contribution in [3.63, 3.8) is 0 Å². The van der Waals surface area contributed by atoms with E-state index in [0.717, 1.165) is 5.69 Å². The summed E-state index contributed by atoms with van der Waals surface area (Å²) < 4.78 is 4.74. The fourth-order valence-electron chi connectivity index (χ4n) is 1.27. The molecular weight excluding hydrogens is 220 g/mol. The highest BCUT2D eigenvalue weighted by Gasteiger charge is 2.07. The third kappa shape index (κ3) is 4.63. The predicted molar refractivity (Wildman–Crippen MR) is 62.6 cm³/mol. The standard InChI is InChI=1S/C12H16N2O3/c1-3-17-11(15)7-8-13-12(16)10-6-4-5-9(2)14-10/h4-6H,3,7-8H2,1-2H3,(H,13,16). The van der Waals surface area contributed by atoms with E-state index in [1.54, 1.807) is 19.1 Å². The normalized spacial score (nSPS) is 9.76. The number of amides is 1. The zero-order valence-corrected chi connectivity index (χ0v) is 10.0. The van der Waals surface area contributed by atoms with Crippen molar-refractivity contribution >= 4 is 11.9 Å². The van der Waals surface area contributed by atoms with Crippen LogP contribution < -0.4 is 5.32 Å². The number of carbonyl (C=O) groups is 2. The minimum atomic E-state index is -0.315. The number of nitrogens with one attached hydrogen (secondary N) is 1. The lowest BCUT2D eigenvalue weighted by atomic mass is 10.3. The summed E-state index contributed by atoms with van der Waals surface area (Å²) in [4.78, 5) is 26.7. The number of esters is 1. The molecule has 0 spiro atoms. The van der Waals surface area contributed by atoms with Crippen molar-refractivity contribution in [2.45, 2.75) is 20.3 Å². The molecule has 0 atom stereocenters. The van der Waals surface area contributed by atoms with Gasteiger partial charge in [-0.1, -0.05) is 6.07 Å². The van der Waals surface area contributed by atoms with Crippen LogP contribution in [0, 0.1) is 6.92 Å². The molecule has 1 aromatic heterocycles. The quantitative estimate of drug-likeness (QED) is 0.776. The van der Waals surface area contributed by atoms with Crippen molar-refractivity contribution in [2.75, 3.05) is 13.2 Å². The molecule has 1 rings (SSSR count). The van der Waals surface area contributed by atoms with Crippen molar-refractivity contribution in [1.29, 1.82) is 0 Å². The molecule has 0 aromatic carbocycles. The minimum absolute atomic E-state index is 0.172. The first kappa shape index (κ1) is 13.2. The van der Waals surface area contributed by atoms with Crippen LogP contribution >= 0.6 is 0 Å². The SMILES string of the molecule is CCOC(=O)CCNC(=O)c1cccc(C)n1. The highest BCUT2D eigenvalue weighted by atomic mass is 16.5. The van der Waals surface area contributed by atoms with Crippen molar-refractivity contribution in [3.05, 3.63) is 29.6 Å². The number of rotatable bonds is 5. The Morgan fingerprint density at radius 2 is 2.18 bits per heavy atom. The summed E-state index contributed by atoms with van der Waals surface area (Å²) in [5.74, 6) is -0.594. The number of aryl methyl sites for hydroxylation is 1. The fraction of sp³-hybridized carbons (Fsp3) is 0.417. The highest BCUT2D eigenvalue weighted by Crippen LogP contribution is 1.97. The van der Waals surface area contributed by atoms with Crippen LogP contribution in [0.1, 0.15) is 29.5 Å².